The third kappa shape index (κ3) is 4.47. The highest BCUT2D eigenvalue weighted by atomic mass is 16.5. The van der Waals surface area contributed by atoms with E-state index in [-0.39, 0.29) is 40.3 Å². The molecule has 0 aromatic heterocycles. The van der Waals surface area contributed by atoms with Gasteiger partial charge in [-0.15, -0.1) is 0 Å². The molecule has 172 valence electrons. The minimum Gasteiger partial charge on any atom is -0.497 e. The van der Waals surface area contributed by atoms with Crippen LogP contribution in [0.2, 0.25) is 0 Å². The Hall–Kier alpha value is -2.04. The topological polar surface area (TPSA) is 64.6 Å². The van der Waals surface area contributed by atoms with E-state index in [2.05, 4.69) is 33.0 Å². The van der Waals surface area contributed by atoms with Crippen LogP contribution in [0.3, 0.4) is 0 Å². The van der Waals surface area contributed by atoms with Crippen molar-refractivity contribution in [3.05, 3.63) is 23.8 Å². The number of ketones is 1. The number of amides is 1. The lowest BCUT2D eigenvalue weighted by Crippen LogP contribution is -2.57. The van der Waals surface area contributed by atoms with Crippen molar-refractivity contribution in [3.8, 4) is 11.5 Å². The minimum absolute atomic E-state index is 0.0103. The zero-order chi connectivity index (χ0) is 23.0. The summed E-state index contributed by atoms with van der Waals surface area (Å²) >= 11 is 0. The number of hydrogen-bond donors (Lipinski definition) is 1. The summed E-state index contributed by atoms with van der Waals surface area (Å²) in [5.74, 6) is 2.20. The molecular formula is C26H39NO4. The van der Waals surface area contributed by atoms with Crippen molar-refractivity contribution < 1.29 is 19.1 Å². The number of nitrogens with one attached hydrogen (secondary N) is 1. The molecule has 3 rings (SSSR count). The number of fused-ring (bicyclic) bond motifs is 1. The third-order valence-corrected chi connectivity index (χ3v) is 8.33. The van der Waals surface area contributed by atoms with E-state index >= 15 is 0 Å². The molecular weight excluding hydrogens is 390 g/mol. The van der Waals surface area contributed by atoms with Crippen molar-refractivity contribution in [1.82, 2.24) is 5.32 Å². The molecule has 5 nitrogen and oxygen atoms in total. The van der Waals surface area contributed by atoms with Gasteiger partial charge in [0.15, 0.2) is 5.78 Å². The van der Waals surface area contributed by atoms with Gasteiger partial charge in [0.2, 0.25) is 5.91 Å². The molecule has 2 aliphatic carbocycles. The Labute approximate surface area is 187 Å². The fourth-order valence-corrected chi connectivity index (χ4v) is 6.73. The van der Waals surface area contributed by atoms with Crippen LogP contribution in [0.5, 0.6) is 11.5 Å². The number of ether oxygens (including phenoxy) is 2. The van der Waals surface area contributed by atoms with E-state index in [1.165, 1.54) is 6.42 Å². The van der Waals surface area contributed by atoms with Crippen LogP contribution in [0.1, 0.15) is 70.7 Å². The molecule has 1 amide bonds. The van der Waals surface area contributed by atoms with Gasteiger partial charge in [-0.25, -0.2) is 0 Å². The quantitative estimate of drug-likeness (QED) is 0.637. The van der Waals surface area contributed by atoms with Gasteiger partial charge in [-0.1, -0.05) is 34.1 Å². The normalized spacial score (nSPS) is 32.0. The van der Waals surface area contributed by atoms with Crippen LogP contribution < -0.4 is 14.8 Å². The summed E-state index contributed by atoms with van der Waals surface area (Å²) < 4.78 is 10.9. The molecule has 0 saturated heterocycles. The molecule has 0 aliphatic heterocycles. The highest BCUT2D eigenvalue weighted by Gasteiger charge is 2.58. The van der Waals surface area contributed by atoms with Crippen LogP contribution in [0.15, 0.2) is 18.2 Å². The van der Waals surface area contributed by atoms with E-state index in [4.69, 9.17) is 9.47 Å². The predicted molar refractivity (Wildman–Crippen MR) is 123 cm³/mol. The second-order valence-corrected chi connectivity index (χ2v) is 10.6. The number of Topliss-reactive ketones (excluding diaryl/α,β-unsaturated/α-hetero) is 1. The maximum atomic E-state index is 14.1. The molecule has 31 heavy (non-hydrogen) atoms. The zero-order valence-electron chi connectivity index (χ0n) is 20.2. The SMILES string of the molecule is COc1cc(OC)cc(C(=O)[C@H]2[C@H](C)[C@@H](CNC(C)=O)C[C@H]3C(C)(C)CCC[C@]23C)c1. The second-order valence-electron chi connectivity index (χ2n) is 10.6. The van der Waals surface area contributed by atoms with Crippen molar-refractivity contribution in [3.63, 3.8) is 0 Å². The summed E-state index contributed by atoms with van der Waals surface area (Å²) in [4.78, 5) is 25.7. The van der Waals surface area contributed by atoms with Gasteiger partial charge in [0, 0.05) is 31.0 Å². The Morgan fingerprint density at radius 3 is 2.23 bits per heavy atom. The van der Waals surface area contributed by atoms with E-state index in [0.717, 1.165) is 19.3 Å². The minimum atomic E-state index is -0.110. The van der Waals surface area contributed by atoms with Crippen molar-refractivity contribution in [1.29, 1.82) is 0 Å². The van der Waals surface area contributed by atoms with E-state index in [1.54, 1.807) is 27.2 Å². The third-order valence-electron chi connectivity index (χ3n) is 8.33. The van der Waals surface area contributed by atoms with Crippen LogP contribution in [0, 0.1) is 34.5 Å². The lowest BCUT2D eigenvalue weighted by Gasteiger charge is -2.60. The van der Waals surface area contributed by atoms with Gasteiger partial charge < -0.3 is 14.8 Å². The molecule has 5 heteroatoms. The molecule has 0 radical (unpaired) electrons. The first-order valence-electron chi connectivity index (χ1n) is 11.5. The van der Waals surface area contributed by atoms with Crippen LogP contribution in [-0.4, -0.2) is 32.5 Å². The Balaban J connectivity index is 2.05. The van der Waals surface area contributed by atoms with E-state index in [1.807, 2.05) is 12.1 Å². The van der Waals surface area contributed by atoms with Crippen LogP contribution in [0.4, 0.5) is 0 Å². The smallest absolute Gasteiger partial charge is 0.216 e. The maximum Gasteiger partial charge on any atom is 0.216 e. The largest absolute Gasteiger partial charge is 0.497 e. The number of rotatable bonds is 6. The molecule has 5 atom stereocenters. The lowest BCUT2D eigenvalue weighted by atomic mass is 9.44. The number of carbonyl (C=O) groups is 2. The second kappa shape index (κ2) is 8.84. The predicted octanol–water partition coefficient (Wildman–Crippen LogP) is 5.13. The highest BCUT2D eigenvalue weighted by molar-refractivity contribution is 5.99. The number of benzene rings is 1. The summed E-state index contributed by atoms with van der Waals surface area (Å²) in [6.07, 6.45) is 4.45. The Bertz CT molecular complexity index is 810. The summed E-state index contributed by atoms with van der Waals surface area (Å²) in [6, 6.07) is 5.47. The molecule has 0 spiro atoms. The highest BCUT2D eigenvalue weighted by Crippen LogP contribution is 2.62. The average molecular weight is 430 g/mol. The van der Waals surface area contributed by atoms with Gasteiger partial charge in [0.1, 0.15) is 11.5 Å². The molecule has 1 aromatic carbocycles. The first-order valence-corrected chi connectivity index (χ1v) is 11.5. The van der Waals surface area contributed by atoms with Crippen molar-refractivity contribution >= 4 is 11.7 Å². The van der Waals surface area contributed by atoms with E-state index in [9.17, 15) is 9.59 Å². The number of methoxy groups -OCH3 is 2. The van der Waals surface area contributed by atoms with Gasteiger partial charge in [-0.2, -0.15) is 0 Å². The molecule has 0 heterocycles. The summed E-state index contributed by atoms with van der Waals surface area (Å²) in [7, 11) is 3.22. The Kier molecular flexibility index (Phi) is 6.73. The van der Waals surface area contributed by atoms with Crippen LogP contribution in [-0.2, 0) is 4.79 Å². The maximum absolute atomic E-state index is 14.1. The van der Waals surface area contributed by atoms with Crippen molar-refractivity contribution in [2.75, 3.05) is 20.8 Å². The Morgan fingerprint density at radius 2 is 1.68 bits per heavy atom. The molecule has 1 N–H and O–H groups in total. The molecule has 2 aliphatic rings. The van der Waals surface area contributed by atoms with Gasteiger partial charge in [-0.05, 0) is 60.0 Å². The van der Waals surface area contributed by atoms with E-state index in [0.29, 0.717) is 29.5 Å². The lowest BCUT2D eigenvalue weighted by molar-refractivity contribution is -0.121. The zero-order valence-corrected chi connectivity index (χ0v) is 20.2. The van der Waals surface area contributed by atoms with E-state index < -0.39 is 0 Å². The molecule has 0 unspecified atom stereocenters. The van der Waals surface area contributed by atoms with Gasteiger partial charge in [0.05, 0.1) is 14.2 Å². The first kappa shape index (κ1) is 23.6. The van der Waals surface area contributed by atoms with Crippen molar-refractivity contribution in [2.24, 2.45) is 34.5 Å². The van der Waals surface area contributed by atoms with Gasteiger partial charge in [0.25, 0.3) is 0 Å². The molecule has 0 bridgehead atoms. The molecule has 2 saturated carbocycles. The standard InChI is InChI=1S/C26H39NO4/c1-16-19(15-27-17(2)28)13-22-25(3,4)9-8-10-26(22,5)23(16)24(29)18-11-20(30-6)14-21(12-18)31-7/h11-12,14,16,19,22-23H,8-10,13,15H2,1-7H3,(H,27,28)/t16-,19-,22+,23-,26+/m1/s1. The molecule has 2 fully saturated rings. The van der Waals surface area contributed by atoms with Crippen LogP contribution in [0.25, 0.3) is 0 Å². The fraction of sp³-hybridized carbons (Fsp3) is 0.692. The summed E-state index contributed by atoms with van der Waals surface area (Å²) in [5.41, 5.74) is 0.754. The summed E-state index contributed by atoms with van der Waals surface area (Å²) in [6.45, 7) is 11.4. The average Bonchev–Trinajstić information content (AvgIpc) is 2.71. The fourth-order valence-electron chi connectivity index (χ4n) is 6.73. The summed E-state index contributed by atoms with van der Waals surface area (Å²) in [5, 5.41) is 3.03. The van der Waals surface area contributed by atoms with Crippen molar-refractivity contribution in [2.45, 2.75) is 60.3 Å². The van der Waals surface area contributed by atoms with Crippen LogP contribution >= 0.6 is 0 Å². The number of hydrogen-bond acceptors (Lipinski definition) is 4. The number of carbonyl (C=O) groups excluding carboxylic acids is 2. The van der Waals surface area contributed by atoms with Gasteiger partial charge in [-0.3, -0.25) is 9.59 Å². The molecule has 1 aromatic rings. The first-order chi connectivity index (χ1) is 14.5. The monoisotopic (exact) mass is 429 g/mol. The van der Waals surface area contributed by atoms with Gasteiger partial charge >= 0.3 is 0 Å². The Morgan fingerprint density at radius 1 is 1.06 bits per heavy atom.